The highest BCUT2D eigenvalue weighted by molar-refractivity contribution is 5.48. The molecule has 1 aromatic rings. The van der Waals surface area contributed by atoms with Gasteiger partial charge in [0.1, 0.15) is 0 Å². The van der Waals surface area contributed by atoms with E-state index < -0.39 is 0 Å². The molecule has 2 fully saturated rings. The van der Waals surface area contributed by atoms with Crippen molar-refractivity contribution in [1.82, 2.24) is 5.32 Å². The Balaban J connectivity index is 1.52. The molecule has 0 aromatic heterocycles. The van der Waals surface area contributed by atoms with Crippen LogP contribution in [0.25, 0.3) is 0 Å². The molecule has 1 aromatic carbocycles. The van der Waals surface area contributed by atoms with Crippen LogP contribution in [0.5, 0.6) is 0 Å². The molecule has 0 spiro atoms. The Morgan fingerprint density at radius 1 is 1.00 bits per heavy atom. The minimum atomic E-state index is 0.739. The first-order valence-electron chi connectivity index (χ1n) is 8.81. The van der Waals surface area contributed by atoms with Crippen molar-refractivity contribution in [2.24, 2.45) is 5.92 Å². The molecule has 0 amide bonds. The summed E-state index contributed by atoms with van der Waals surface area (Å²) in [5.74, 6) is 0.977. The monoisotopic (exact) mass is 286 g/mol. The van der Waals surface area contributed by atoms with Crippen molar-refractivity contribution in [2.45, 2.75) is 70.5 Å². The average molecular weight is 286 g/mol. The highest BCUT2D eigenvalue weighted by Crippen LogP contribution is 2.31. The molecule has 0 saturated heterocycles. The summed E-state index contributed by atoms with van der Waals surface area (Å²) in [5.41, 5.74) is 2.79. The lowest BCUT2D eigenvalue weighted by Crippen LogP contribution is -2.35. The lowest BCUT2D eigenvalue weighted by molar-refractivity contribution is 0.313. The first-order valence-corrected chi connectivity index (χ1v) is 8.81. The Labute approximate surface area is 129 Å². The van der Waals surface area contributed by atoms with Crippen LogP contribution in [0.1, 0.15) is 57.4 Å². The highest BCUT2D eigenvalue weighted by atomic mass is 15.1. The minimum Gasteiger partial charge on any atom is -0.372 e. The van der Waals surface area contributed by atoms with Gasteiger partial charge in [0.15, 0.2) is 0 Å². The quantitative estimate of drug-likeness (QED) is 0.836. The number of anilines is 1. The second-order valence-electron chi connectivity index (χ2n) is 7.02. The van der Waals surface area contributed by atoms with E-state index in [-0.39, 0.29) is 0 Å². The largest absolute Gasteiger partial charge is 0.372 e. The summed E-state index contributed by atoms with van der Waals surface area (Å²) in [4.78, 5) is 2.50. The van der Waals surface area contributed by atoms with Crippen LogP contribution in [-0.2, 0) is 6.54 Å². The van der Waals surface area contributed by atoms with Gasteiger partial charge in [0.05, 0.1) is 0 Å². The van der Waals surface area contributed by atoms with Gasteiger partial charge in [-0.2, -0.15) is 0 Å². The second-order valence-corrected chi connectivity index (χ2v) is 7.02. The molecule has 2 aliphatic carbocycles. The molecule has 2 heteroatoms. The predicted molar refractivity (Wildman–Crippen MR) is 90.7 cm³/mol. The van der Waals surface area contributed by atoms with Gasteiger partial charge in [-0.05, 0) is 62.1 Å². The summed E-state index contributed by atoms with van der Waals surface area (Å²) in [7, 11) is 2.27. The zero-order valence-electron chi connectivity index (χ0n) is 13.6. The van der Waals surface area contributed by atoms with Crippen LogP contribution in [0, 0.1) is 5.92 Å². The number of benzene rings is 1. The van der Waals surface area contributed by atoms with E-state index in [1.165, 1.54) is 56.2 Å². The first kappa shape index (κ1) is 14.9. The van der Waals surface area contributed by atoms with Gasteiger partial charge in [-0.1, -0.05) is 25.5 Å². The Hall–Kier alpha value is -1.02. The molecule has 116 valence electrons. The Bertz CT molecular complexity index is 427. The molecule has 0 unspecified atom stereocenters. The van der Waals surface area contributed by atoms with E-state index in [2.05, 4.69) is 48.5 Å². The van der Waals surface area contributed by atoms with Crippen LogP contribution in [0.4, 0.5) is 5.69 Å². The van der Waals surface area contributed by atoms with Gasteiger partial charge in [-0.3, -0.25) is 0 Å². The molecule has 0 atom stereocenters. The molecular weight excluding hydrogens is 256 g/mol. The SMILES string of the molecule is CCC1CCC(N(C)c2ccc(CNC3CC3)cc2)CC1. The maximum atomic E-state index is 3.58. The third-order valence-corrected chi connectivity index (χ3v) is 5.46. The number of nitrogens with one attached hydrogen (secondary N) is 1. The van der Waals surface area contributed by atoms with Crippen LogP contribution in [0.15, 0.2) is 24.3 Å². The summed E-state index contributed by atoms with van der Waals surface area (Å²) >= 11 is 0. The van der Waals surface area contributed by atoms with E-state index in [9.17, 15) is 0 Å². The van der Waals surface area contributed by atoms with Crippen molar-refractivity contribution in [3.63, 3.8) is 0 Å². The van der Waals surface area contributed by atoms with E-state index in [0.717, 1.165) is 24.5 Å². The Kier molecular flexibility index (Phi) is 4.84. The maximum Gasteiger partial charge on any atom is 0.0366 e. The molecule has 2 saturated carbocycles. The maximum absolute atomic E-state index is 3.58. The van der Waals surface area contributed by atoms with E-state index in [4.69, 9.17) is 0 Å². The summed E-state index contributed by atoms with van der Waals surface area (Å²) < 4.78 is 0. The highest BCUT2D eigenvalue weighted by Gasteiger charge is 2.23. The molecule has 0 radical (unpaired) electrons. The molecule has 2 nitrogen and oxygen atoms in total. The standard InChI is InChI=1S/C19H30N2/c1-3-15-4-10-18(11-5-15)21(2)19-12-6-16(7-13-19)14-20-17-8-9-17/h6-7,12-13,15,17-18,20H,3-5,8-11,14H2,1-2H3. The predicted octanol–water partition coefficient (Wildman–Crippen LogP) is 4.34. The van der Waals surface area contributed by atoms with Gasteiger partial charge < -0.3 is 10.2 Å². The lowest BCUT2D eigenvalue weighted by Gasteiger charge is -2.36. The summed E-state index contributed by atoms with van der Waals surface area (Å²) in [6.45, 7) is 3.36. The van der Waals surface area contributed by atoms with Crippen LogP contribution >= 0.6 is 0 Å². The van der Waals surface area contributed by atoms with Gasteiger partial charge in [0.25, 0.3) is 0 Å². The topological polar surface area (TPSA) is 15.3 Å². The van der Waals surface area contributed by atoms with E-state index in [1.807, 2.05) is 0 Å². The molecule has 0 heterocycles. The lowest BCUT2D eigenvalue weighted by atomic mass is 9.84. The fourth-order valence-corrected chi connectivity index (χ4v) is 3.55. The van der Waals surface area contributed by atoms with Crippen molar-refractivity contribution in [1.29, 1.82) is 0 Å². The van der Waals surface area contributed by atoms with Gasteiger partial charge in [0.2, 0.25) is 0 Å². The van der Waals surface area contributed by atoms with Crippen molar-refractivity contribution in [3.8, 4) is 0 Å². The number of hydrogen-bond acceptors (Lipinski definition) is 2. The normalized spacial score (nSPS) is 25.8. The number of hydrogen-bond donors (Lipinski definition) is 1. The first-order chi connectivity index (χ1) is 10.3. The third-order valence-electron chi connectivity index (χ3n) is 5.46. The molecule has 21 heavy (non-hydrogen) atoms. The van der Waals surface area contributed by atoms with Crippen molar-refractivity contribution in [3.05, 3.63) is 29.8 Å². The van der Waals surface area contributed by atoms with Gasteiger partial charge in [-0.15, -0.1) is 0 Å². The average Bonchev–Trinajstić information content (AvgIpc) is 3.37. The van der Waals surface area contributed by atoms with Crippen LogP contribution in [0.3, 0.4) is 0 Å². The van der Waals surface area contributed by atoms with Gasteiger partial charge >= 0.3 is 0 Å². The second kappa shape index (κ2) is 6.83. The zero-order chi connectivity index (χ0) is 14.7. The number of rotatable bonds is 6. The fourth-order valence-electron chi connectivity index (χ4n) is 3.55. The number of nitrogens with zero attached hydrogens (tertiary/aromatic N) is 1. The van der Waals surface area contributed by atoms with Crippen molar-refractivity contribution in [2.75, 3.05) is 11.9 Å². The van der Waals surface area contributed by atoms with Crippen molar-refractivity contribution < 1.29 is 0 Å². The van der Waals surface area contributed by atoms with Gasteiger partial charge in [-0.25, -0.2) is 0 Å². The van der Waals surface area contributed by atoms with Gasteiger partial charge in [0, 0.05) is 31.4 Å². The molecule has 1 N–H and O–H groups in total. The Morgan fingerprint density at radius 3 is 2.24 bits per heavy atom. The molecule has 0 aliphatic heterocycles. The summed E-state index contributed by atoms with van der Waals surface area (Å²) in [6.07, 6.45) is 9.63. The molecule has 0 bridgehead atoms. The Morgan fingerprint density at radius 2 is 1.67 bits per heavy atom. The summed E-state index contributed by atoms with van der Waals surface area (Å²) in [6, 6.07) is 10.7. The van der Waals surface area contributed by atoms with Crippen molar-refractivity contribution >= 4 is 5.69 Å². The van der Waals surface area contributed by atoms with Crippen LogP contribution < -0.4 is 10.2 Å². The minimum absolute atomic E-state index is 0.739. The molecular formula is C19H30N2. The van der Waals surface area contributed by atoms with Crippen LogP contribution in [0.2, 0.25) is 0 Å². The zero-order valence-corrected chi connectivity index (χ0v) is 13.6. The van der Waals surface area contributed by atoms with E-state index in [1.54, 1.807) is 0 Å². The third kappa shape index (κ3) is 4.00. The smallest absolute Gasteiger partial charge is 0.0366 e. The molecule has 3 rings (SSSR count). The molecule has 2 aliphatic rings. The van der Waals surface area contributed by atoms with Crippen LogP contribution in [-0.4, -0.2) is 19.1 Å². The van der Waals surface area contributed by atoms with E-state index >= 15 is 0 Å². The summed E-state index contributed by atoms with van der Waals surface area (Å²) in [5, 5.41) is 3.58. The fraction of sp³-hybridized carbons (Fsp3) is 0.684. The van der Waals surface area contributed by atoms with E-state index in [0.29, 0.717) is 0 Å².